The summed E-state index contributed by atoms with van der Waals surface area (Å²) < 4.78 is 5.06. The molecule has 1 amide bonds. The number of ether oxygens (including phenoxy) is 1. The molecule has 1 aromatic carbocycles. The maximum atomic E-state index is 11.6. The molecule has 0 radical (unpaired) electrons. The first-order valence-electron chi connectivity index (χ1n) is 5.75. The van der Waals surface area contributed by atoms with E-state index in [1.54, 1.807) is 7.11 Å². The Morgan fingerprint density at radius 1 is 1.32 bits per heavy atom. The topological polar surface area (TPSA) is 75.6 Å². The molecule has 0 aliphatic carbocycles. The monoisotopic (exact) mass is 283 g/mol. The number of thioether (sulfide) groups is 1. The van der Waals surface area contributed by atoms with Gasteiger partial charge in [-0.1, -0.05) is 12.1 Å². The number of nitrogens with one attached hydrogen (secondary N) is 1. The average molecular weight is 283 g/mol. The fraction of sp³-hybridized carbons (Fsp3) is 0.385. The van der Waals surface area contributed by atoms with Gasteiger partial charge in [-0.2, -0.15) is 0 Å². The van der Waals surface area contributed by atoms with Crippen molar-refractivity contribution >= 4 is 23.6 Å². The van der Waals surface area contributed by atoms with Crippen molar-refractivity contribution in [3.05, 3.63) is 29.8 Å². The lowest BCUT2D eigenvalue weighted by Gasteiger charge is -2.14. The van der Waals surface area contributed by atoms with Crippen LogP contribution < -0.4 is 10.1 Å². The van der Waals surface area contributed by atoms with Crippen LogP contribution in [0.15, 0.2) is 24.3 Å². The summed E-state index contributed by atoms with van der Waals surface area (Å²) in [6.45, 7) is 1.88. The van der Waals surface area contributed by atoms with Crippen LogP contribution in [0.25, 0.3) is 0 Å². The van der Waals surface area contributed by atoms with Gasteiger partial charge in [0.1, 0.15) is 5.75 Å². The molecule has 2 N–H and O–H groups in total. The van der Waals surface area contributed by atoms with E-state index >= 15 is 0 Å². The summed E-state index contributed by atoms with van der Waals surface area (Å²) in [6, 6.07) is 7.31. The van der Waals surface area contributed by atoms with Gasteiger partial charge in [0, 0.05) is 0 Å². The lowest BCUT2D eigenvalue weighted by Crippen LogP contribution is -2.28. The Morgan fingerprint density at radius 3 is 2.47 bits per heavy atom. The Hall–Kier alpha value is -1.69. The molecule has 0 heterocycles. The molecule has 6 heteroatoms. The van der Waals surface area contributed by atoms with Crippen LogP contribution in [-0.4, -0.2) is 35.6 Å². The molecule has 1 aromatic rings. The second-order valence-electron chi connectivity index (χ2n) is 3.95. The maximum Gasteiger partial charge on any atom is 0.313 e. The number of aliphatic carboxylic acids is 1. The first kappa shape index (κ1) is 15.4. The molecule has 0 saturated heterocycles. The molecule has 104 valence electrons. The zero-order valence-electron chi connectivity index (χ0n) is 10.9. The summed E-state index contributed by atoms with van der Waals surface area (Å²) in [5, 5.41) is 11.3. The van der Waals surface area contributed by atoms with E-state index in [4.69, 9.17) is 9.84 Å². The Bertz CT molecular complexity index is 433. The molecule has 0 aromatic heterocycles. The first-order valence-corrected chi connectivity index (χ1v) is 6.91. The predicted octanol–water partition coefficient (Wildman–Crippen LogP) is 1.69. The Kier molecular flexibility index (Phi) is 6.21. The van der Waals surface area contributed by atoms with E-state index in [0.717, 1.165) is 23.1 Å². The van der Waals surface area contributed by atoms with Gasteiger partial charge < -0.3 is 15.2 Å². The third kappa shape index (κ3) is 5.65. The number of carbonyl (C=O) groups is 2. The molecule has 0 saturated carbocycles. The number of rotatable bonds is 7. The smallest absolute Gasteiger partial charge is 0.313 e. The summed E-state index contributed by atoms with van der Waals surface area (Å²) in [5.74, 6) is -0.244. The van der Waals surface area contributed by atoms with Gasteiger partial charge in [0.2, 0.25) is 5.91 Å². The van der Waals surface area contributed by atoms with E-state index in [9.17, 15) is 9.59 Å². The number of hydrogen-bond acceptors (Lipinski definition) is 4. The number of amides is 1. The third-order valence-corrected chi connectivity index (χ3v) is 3.37. The minimum Gasteiger partial charge on any atom is -0.497 e. The Balaban J connectivity index is 2.42. The lowest BCUT2D eigenvalue weighted by atomic mass is 10.1. The van der Waals surface area contributed by atoms with Gasteiger partial charge in [-0.25, -0.2) is 0 Å². The van der Waals surface area contributed by atoms with Crippen molar-refractivity contribution in [3.63, 3.8) is 0 Å². The van der Waals surface area contributed by atoms with Crippen molar-refractivity contribution in [3.8, 4) is 5.75 Å². The summed E-state index contributed by atoms with van der Waals surface area (Å²) >= 11 is 1.08. The molecule has 0 aliphatic heterocycles. The molecule has 1 rings (SSSR count). The Labute approximate surface area is 116 Å². The molecular formula is C13H17NO4S. The van der Waals surface area contributed by atoms with Crippen molar-refractivity contribution in [1.82, 2.24) is 5.32 Å². The molecule has 1 atom stereocenters. The zero-order valence-corrected chi connectivity index (χ0v) is 11.7. The fourth-order valence-corrected chi connectivity index (χ4v) is 2.04. The standard InChI is InChI=1S/C13H17NO4S/c1-9(10-3-5-11(18-2)6-4-10)14-12(15)7-19-8-13(16)17/h3-6,9H,7-8H2,1-2H3,(H,14,15)(H,16,17)/t9-/m1/s1. The Morgan fingerprint density at radius 2 is 1.95 bits per heavy atom. The van der Waals surface area contributed by atoms with Gasteiger partial charge in [0.25, 0.3) is 0 Å². The van der Waals surface area contributed by atoms with E-state index in [2.05, 4.69) is 5.32 Å². The fourth-order valence-electron chi connectivity index (χ4n) is 1.49. The van der Waals surface area contributed by atoms with Crippen LogP contribution in [-0.2, 0) is 9.59 Å². The zero-order chi connectivity index (χ0) is 14.3. The van der Waals surface area contributed by atoms with E-state index in [1.165, 1.54) is 0 Å². The van der Waals surface area contributed by atoms with Crippen LogP contribution in [0.4, 0.5) is 0 Å². The van der Waals surface area contributed by atoms with Gasteiger partial charge in [-0.15, -0.1) is 11.8 Å². The normalized spacial score (nSPS) is 11.7. The predicted molar refractivity (Wildman–Crippen MR) is 74.5 cm³/mol. The first-order chi connectivity index (χ1) is 9.02. The van der Waals surface area contributed by atoms with Crippen LogP contribution in [0.3, 0.4) is 0 Å². The van der Waals surface area contributed by atoms with Gasteiger partial charge in [0.15, 0.2) is 0 Å². The van der Waals surface area contributed by atoms with Crippen LogP contribution in [0.5, 0.6) is 5.75 Å². The molecule has 0 aliphatic rings. The molecule has 19 heavy (non-hydrogen) atoms. The van der Waals surface area contributed by atoms with Gasteiger partial charge in [-0.05, 0) is 24.6 Å². The van der Waals surface area contributed by atoms with Gasteiger partial charge in [-0.3, -0.25) is 9.59 Å². The quantitative estimate of drug-likeness (QED) is 0.796. The molecule has 0 unspecified atom stereocenters. The van der Waals surface area contributed by atoms with Crippen molar-refractivity contribution < 1.29 is 19.4 Å². The van der Waals surface area contributed by atoms with E-state index in [0.29, 0.717) is 0 Å². The van der Waals surface area contributed by atoms with Crippen LogP contribution in [0.2, 0.25) is 0 Å². The molecule has 0 fully saturated rings. The highest BCUT2D eigenvalue weighted by Gasteiger charge is 2.10. The second kappa shape index (κ2) is 7.68. The highest BCUT2D eigenvalue weighted by atomic mass is 32.2. The lowest BCUT2D eigenvalue weighted by molar-refractivity contribution is -0.133. The molecule has 5 nitrogen and oxygen atoms in total. The van der Waals surface area contributed by atoms with Crippen molar-refractivity contribution in [1.29, 1.82) is 0 Å². The van der Waals surface area contributed by atoms with Crippen LogP contribution >= 0.6 is 11.8 Å². The highest BCUT2D eigenvalue weighted by Crippen LogP contribution is 2.17. The summed E-state index contributed by atoms with van der Waals surface area (Å²) in [5.41, 5.74) is 0.970. The van der Waals surface area contributed by atoms with Crippen LogP contribution in [0.1, 0.15) is 18.5 Å². The van der Waals surface area contributed by atoms with Gasteiger partial charge in [0.05, 0.1) is 24.7 Å². The largest absolute Gasteiger partial charge is 0.497 e. The average Bonchev–Trinajstić information content (AvgIpc) is 2.38. The van der Waals surface area contributed by atoms with E-state index < -0.39 is 5.97 Å². The molecule has 0 bridgehead atoms. The van der Waals surface area contributed by atoms with Crippen molar-refractivity contribution in [2.24, 2.45) is 0 Å². The number of methoxy groups -OCH3 is 1. The third-order valence-electron chi connectivity index (χ3n) is 2.45. The van der Waals surface area contributed by atoms with Crippen molar-refractivity contribution in [2.75, 3.05) is 18.6 Å². The molecule has 0 spiro atoms. The van der Waals surface area contributed by atoms with Gasteiger partial charge >= 0.3 is 5.97 Å². The summed E-state index contributed by atoms with van der Waals surface area (Å²) in [4.78, 5) is 21.9. The minimum atomic E-state index is -0.916. The number of carbonyl (C=O) groups excluding carboxylic acids is 1. The highest BCUT2D eigenvalue weighted by molar-refractivity contribution is 8.00. The minimum absolute atomic E-state index is 0.0651. The number of hydrogen-bond donors (Lipinski definition) is 2. The van der Waals surface area contributed by atoms with E-state index in [1.807, 2.05) is 31.2 Å². The second-order valence-corrected chi connectivity index (χ2v) is 4.93. The number of carboxylic acid groups (broad SMARTS) is 1. The van der Waals surface area contributed by atoms with Crippen molar-refractivity contribution in [2.45, 2.75) is 13.0 Å². The summed E-state index contributed by atoms with van der Waals surface area (Å²) in [6.07, 6.45) is 0. The van der Waals surface area contributed by atoms with Crippen LogP contribution in [0, 0.1) is 0 Å². The number of carboxylic acids is 1. The maximum absolute atomic E-state index is 11.6. The summed E-state index contributed by atoms with van der Waals surface area (Å²) in [7, 11) is 1.60. The SMILES string of the molecule is COc1ccc([C@@H](C)NC(=O)CSCC(=O)O)cc1. The number of benzene rings is 1. The molecular weight excluding hydrogens is 266 g/mol. The van der Waals surface area contributed by atoms with E-state index in [-0.39, 0.29) is 23.5 Å².